The molecule has 0 unspecified atom stereocenters. The van der Waals surface area contributed by atoms with Crippen LogP contribution in [0.2, 0.25) is 5.02 Å². The van der Waals surface area contributed by atoms with E-state index in [1.54, 1.807) is 6.07 Å². The van der Waals surface area contributed by atoms with Crippen LogP contribution < -0.4 is 10.5 Å². The summed E-state index contributed by atoms with van der Waals surface area (Å²) >= 11 is 5.98. The Hall–Kier alpha value is -2.02. The van der Waals surface area contributed by atoms with E-state index in [2.05, 4.69) is 11.8 Å². The highest BCUT2D eigenvalue weighted by atomic mass is 35.5. The number of hydrogen-bond acceptors (Lipinski definition) is 2. The molecule has 4 heteroatoms. The lowest BCUT2D eigenvalue weighted by Crippen LogP contribution is -1.99. The van der Waals surface area contributed by atoms with Crippen LogP contribution in [0.3, 0.4) is 0 Å². The number of hydrogen-bond donors (Lipinski definition) is 1. The number of rotatable bonds is 3. The largest absolute Gasteiger partial charge is 0.488 e. The summed E-state index contributed by atoms with van der Waals surface area (Å²) < 4.78 is 18.7. The number of nitrogens with two attached hydrogens (primary N) is 1. The second-order valence-electron chi connectivity index (χ2n) is 4.53. The zero-order chi connectivity index (χ0) is 15.2. The van der Waals surface area contributed by atoms with Gasteiger partial charge in [0.15, 0.2) is 0 Å². The van der Waals surface area contributed by atoms with Gasteiger partial charge in [0.25, 0.3) is 0 Å². The summed E-state index contributed by atoms with van der Waals surface area (Å²) in [6.07, 6.45) is 0. The third-order valence-electron chi connectivity index (χ3n) is 2.86. The van der Waals surface area contributed by atoms with E-state index in [1.165, 1.54) is 12.1 Å². The lowest BCUT2D eigenvalue weighted by molar-refractivity contribution is 0.305. The smallest absolute Gasteiger partial charge is 0.135 e. The molecule has 2 N–H and O–H groups in total. The zero-order valence-electron chi connectivity index (χ0n) is 11.6. The molecule has 2 aromatic carbocycles. The monoisotopic (exact) mass is 303 g/mol. The van der Waals surface area contributed by atoms with Crippen LogP contribution in [0.1, 0.15) is 16.7 Å². The van der Waals surface area contributed by atoms with Crippen molar-refractivity contribution in [3.63, 3.8) is 0 Å². The topological polar surface area (TPSA) is 35.2 Å². The maximum absolute atomic E-state index is 13.0. The van der Waals surface area contributed by atoms with Crippen molar-refractivity contribution >= 4 is 11.6 Å². The minimum absolute atomic E-state index is 0.249. The van der Waals surface area contributed by atoms with Gasteiger partial charge < -0.3 is 10.5 Å². The van der Waals surface area contributed by atoms with Gasteiger partial charge in [0.1, 0.15) is 18.2 Å². The van der Waals surface area contributed by atoms with Gasteiger partial charge in [-0.2, -0.15) is 0 Å². The van der Waals surface area contributed by atoms with Gasteiger partial charge in [-0.15, -0.1) is 0 Å². The molecule has 0 radical (unpaired) electrons. The van der Waals surface area contributed by atoms with E-state index in [1.807, 2.05) is 25.1 Å². The molecule has 2 rings (SSSR count). The number of ether oxygens (including phenoxy) is 1. The Balaban J connectivity index is 2.19. The predicted molar refractivity (Wildman–Crippen MR) is 82.9 cm³/mol. The second-order valence-corrected chi connectivity index (χ2v) is 4.94. The van der Waals surface area contributed by atoms with Gasteiger partial charge in [0, 0.05) is 5.56 Å². The van der Waals surface area contributed by atoms with E-state index in [0.717, 1.165) is 16.7 Å². The minimum atomic E-state index is -0.367. The molecule has 0 spiro atoms. The molecule has 2 aromatic rings. The maximum Gasteiger partial charge on any atom is 0.135 e. The summed E-state index contributed by atoms with van der Waals surface area (Å²) in [7, 11) is 0. The first-order valence-corrected chi connectivity index (χ1v) is 6.84. The van der Waals surface area contributed by atoms with Crippen LogP contribution in [0.5, 0.6) is 5.75 Å². The highest BCUT2D eigenvalue weighted by Gasteiger charge is 2.06. The molecule has 0 saturated heterocycles. The van der Waals surface area contributed by atoms with Gasteiger partial charge in [-0.3, -0.25) is 0 Å². The first kappa shape index (κ1) is 15.4. The lowest BCUT2D eigenvalue weighted by atomic mass is 10.1. The highest BCUT2D eigenvalue weighted by Crippen LogP contribution is 2.23. The molecular weight excluding hydrogens is 289 g/mol. The van der Waals surface area contributed by atoms with Crippen LogP contribution in [0.15, 0.2) is 36.4 Å². The van der Waals surface area contributed by atoms with Gasteiger partial charge in [0.2, 0.25) is 0 Å². The molecule has 0 aliphatic heterocycles. The molecule has 21 heavy (non-hydrogen) atoms. The second kappa shape index (κ2) is 7.12. The molecule has 0 saturated carbocycles. The predicted octanol–water partition coefficient (Wildman–Crippen LogP) is 3.68. The minimum Gasteiger partial charge on any atom is -0.488 e. The molecule has 0 heterocycles. The van der Waals surface area contributed by atoms with E-state index in [9.17, 15) is 4.39 Å². The Labute approximate surface area is 128 Å². The normalized spacial score (nSPS) is 9.90. The van der Waals surface area contributed by atoms with Gasteiger partial charge in [-0.25, -0.2) is 4.39 Å². The molecule has 2 nitrogen and oxygen atoms in total. The fourth-order valence-electron chi connectivity index (χ4n) is 1.81. The Kier molecular flexibility index (Phi) is 5.21. The molecule has 0 aliphatic rings. The molecule has 0 aromatic heterocycles. The zero-order valence-corrected chi connectivity index (χ0v) is 12.4. The van der Waals surface area contributed by atoms with Crippen molar-refractivity contribution in [2.75, 3.05) is 6.54 Å². The molecular formula is C17H15ClFNO. The van der Waals surface area contributed by atoms with Gasteiger partial charge in [-0.05, 0) is 36.8 Å². The number of aryl methyl sites for hydroxylation is 1. The summed E-state index contributed by atoms with van der Waals surface area (Å²) in [5, 5.41) is 0.344. The van der Waals surface area contributed by atoms with Crippen LogP contribution in [-0.4, -0.2) is 6.54 Å². The molecule has 108 valence electrons. The summed E-state index contributed by atoms with van der Waals surface area (Å²) in [6, 6.07) is 9.96. The van der Waals surface area contributed by atoms with Crippen molar-refractivity contribution < 1.29 is 9.13 Å². The summed E-state index contributed by atoms with van der Waals surface area (Å²) in [4.78, 5) is 0. The Morgan fingerprint density at radius 2 is 2.05 bits per heavy atom. The fourth-order valence-corrected chi connectivity index (χ4v) is 2.03. The summed E-state index contributed by atoms with van der Waals surface area (Å²) in [5.41, 5.74) is 7.98. The van der Waals surface area contributed by atoms with Crippen LogP contribution in [0.4, 0.5) is 4.39 Å². The molecule has 0 fully saturated rings. The first-order valence-electron chi connectivity index (χ1n) is 6.46. The quantitative estimate of drug-likeness (QED) is 0.878. The Morgan fingerprint density at radius 3 is 2.76 bits per heavy atom. The van der Waals surface area contributed by atoms with E-state index in [4.69, 9.17) is 22.1 Å². The van der Waals surface area contributed by atoms with Crippen LogP contribution in [0, 0.1) is 24.6 Å². The summed E-state index contributed by atoms with van der Waals surface area (Å²) in [5.74, 6) is 6.08. The lowest BCUT2D eigenvalue weighted by Gasteiger charge is -2.10. The van der Waals surface area contributed by atoms with E-state index in [-0.39, 0.29) is 19.0 Å². The summed E-state index contributed by atoms with van der Waals surface area (Å²) in [6.45, 7) is 2.52. The van der Waals surface area contributed by atoms with Crippen molar-refractivity contribution in [1.82, 2.24) is 0 Å². The number of benzene rings is 2. The third-order valence-corrected chi connectivity index (χ3v) is 3.21. The van der Waals surface area contributed by atoms with Crippen molar-refractivity contribution in [3.8, 4) is 17.6 Å². The van der Waals surface area contributed by atoms with E-state index >= 15 is 0 Å². The third kappa shape index (κ3) is 4.22. The van der Waals surface area contributed by atoms with Gasteiger partial charge in [0.05, 0.1) is 17.1 Å². The van der Waals surface area contributed by atoms with Crippen molar-refractivity contribution in [2.45, 2.75) is 13.5 Å². The number of halogens is 2. The van der Waals surface area contributed by atoms with Crippen molar-refractivity contribution in [1.29, 1.82) is 0 Å². The van der Waals surface area contributed by atoms with Gasteiger partial charge in [-0.1, -0.05) is 35.6 Å². The maximum atomic E-state index is 13.0. The van der Waals surface area contributed by atoms with Crippen LogP contribution in [-0.2, 0) is 6.61 Å². The highest BCUT2D eigenvalue weighted by molar-refractivity contribution is 6.31. The first-order chi connectivity index (χ1) is 10.1. The standard InChI is InChI=1S/C17H15ClFNO/c1-12-4-7-17(13(9-12)3-2-8-20)21-11-14-5-6-15(19)10-16(14)18/h4-7,9-10H,8,11,20H2,1H3. The van der Waals surface area contributed by atoms with E-state index in [0.29, 0.717) is 10.8 Å². The van der Waals surface area contributed by atoms with E-state index < -0.39 is 0 Å². The molecule has 0 bridgehead atoms. The fraction of sp³-hybridized carbons (Fsp3) is 0.176. The van der Waals surface area contributed by atoms with Gasteiger partial charge >= 0.3 is 0 Å². The van der Waals surface area contributed by atoms with Crippen molar-refractivity contribution in [3.05, 3.63) is 63.9 Å². The van der Waals surface area contributed by atoms with Crippen LogP contribution in [0.25, 0.3) is 0 Å². The molecule has 0 amide bonds. The average molecular weight is 304 g/mol. The SMILES string of the molecule is Cc1ccc(OCc2ccc(F)cc2Cl)c(C#CCN)c1. The van der Waals surface area contributed by atoms with Crippen LogP contribution >= 0.6 is 11.6 Å². The average Bonchev–Trinajstić information content (AvgIpc) is 2.45. The Morgan fingerprint density at radius 1 is 1.24 bits per heavy atom. The Bertz CT molecular complexity index is 704. The molecule has 0 atom stereocenters. The van der Waals surface area contributed by atoms with Crippen molar-refractivity contribution in [2.24, 2.45) is 5.73 Å². The molecule has 0 aliphatic carbocycles.